The minimum absolute atomic E-state index is 0.0247. The van der Waals surface area contributed by atoms with Gasteiger partial charge in [0, 0.05) is 13.1 Å². The number of hydrogen-bond donors (Lipinski definition) is 2. The predicted molar refractivity (Wildman–Crippen MR) is 239 cm³/mol. The van der Waals surface area contributed by atoms with Crippen LogP contribution in [-0.4, -0.2) is 90.6 Å². The van der Waals surface area contributed by atoms with Crippen molar-refractivity contribution in [3.8, 4) is 0 Å². The lowest BCUT2D eigenvalue weighted by Gasteiger charge is -2.34. The summed E-state index contributed by atoms with van der Waals surface area (Å²) in [5.41, 5.74) is 7.05. The molecule has 2 saturated heterocycles. The molecule has 10 heteroatoms. The second kappa shape index (κ2) is 19.3. The smallest absolute Gasteiger partial charge is 0.245 e. The van der Waals surface area contributed by atoms with E-state index in [1.807, 2.05) is 48.8 Å². The fraction of sp³-hybridized carbons (Fsp3) is 0.520. The zero-order chi connectivity index (χ0) is 41.6. The Morgan fingerprint density at radius 3 is 1.37 bits per heavy atom. The lowest BCUT2D eigenvalue weighted by atomic mass is 9.74. The lowest BCUT2D eigenvalue weighted by Crippen LogP contribution is -2.43. The van der Waals surface area contributed by atoms with Gasteiger partial charge in [-0.25, -0.2) is 9.97 Å². The van der Waals surface area contributed by atoms with Crippen molar-refractivity contribution in [1.82, 2.24) is 39.5 Å². The maximum Gasteiger partial charge on any atom is 0.245 e. The molecule has 0 saturated carbocycles. The molecule has 2 aliphatic heterocycles. The van der Waals surface area contributed by atoms with Gasteiger partial charge in [0.25, 0.3) is 0 Å². The average molecular weight is 811 g/mol. The number of carbonyl (C=O) groups excluding carboxylic acids is 2. The molecule has 4 heterocycles. The van der Waals surface area contributed by atoms with Gasteiger partial charge < -0.3 is 19.8 Å². The summed E-state index contributed by atoms with van der Waals surface area (Å²) in [4.78, 5) is 54.4. The third-order valence-corrected chi connectivity index (χ3v) is 14.2. The van der Waals surface area contributed by atoms with Crippen molar-refractivity contribution in [1.29, 1.82) is 0 Å². The maximum absolute atomic E-state index is 14.3. The summed E-state index contributed by atoms with van der Waals surface area (Å²) in [6, 6.07) is 19.9. The van der Waals surface area contributed by atoms with Gasteiger partial charge in [0.1, 0.15) is 23.7 Å². The fourth-order valence-corrected chi connectivity index (χ4v) is 10.8. The Morgan fingerprint density at radius 1 is 0.617 bits per heavy atom. The predicted octanol–water partition coefficient (Wildman–Crippen LogP) is 9.69. The van der Waals surface area contributed by atoms with Crippen molar-refractivity contribution in [3.63, 3.8) is 0 Å². The van der Waals surface area contributed by atoms with E-state index >= 15 is 0 Å². The molecule has 0 spiro atoms. The SMILES string of the molecule is CCN(CC)[C@H](C(=O)N1CCC[C@H]1c1ncc(C2=CCC(C3CC=C(c4cnc([C@@H]5CCCN5C(=O)[C@@H](c5ccccc5)N(CC)CC)[nH]4)CC3)CC2)[nH]1)c1ccccc1. The monoisotopic (exact) mass is 811 g/mol. The second-order valence-corrected chi connectivity index (χ2v) is 17.3. The summed E-state index contributed by atoms with van der Waals surface area (Å²) < 4.78 is 0. The zero-order valence-electron chi connectivity index (χ0n) is 36.4. The minimum Gasteiger partial charge on any atom is -0.341 e. The molecule has 60 heavy (non-hydrogen) atoms. The Bertz CT molecular complexity index is 1950. The average Bonchev–Trinajstić information content (AvgIpc) is 4.15. The van der Waals surface area contributed by atoms with Crippen LogP contribution in [0, 0.1) is 11.8 Å². The standard InChI is InChI=1S/C50H66N8O2/c1-5-55(6-2)45(39-17-11-9-12-18-39)49(59)57-31-15-21-43(57)47-51-33-41(53-47)37-27-23-35(24-28-37)36-25-29-38(30-26-36)42-34-52-48(54-42)44-22-16-32-58(44)50(60)46(56(7-3)8-4)40-19-13-10-14-20-40/h9-14,17-20,27,29,33-36,43-46H,5-8,15-16,21-26,28,30-32H2,1-4H3,(H,51,53)(H,52,54)/t35?,36?,43-,44-,45-,46+/m0/s1. The molecule has 2 fully saturated rings. The van der Waals surface area contributed by atoms with Crippen molar-refractivity contribution >= 4 is 23.0 Å². The van der Waals surface area contributed by atoms with Gasteiger partial charge in [-0.2, -0.15) is 0 Å². The molecule has 0 radical (unpaired) electrons. The van der Waals surface area contributed by atoms with Gasteiger partial charge in [-0.15, -0.1) is 0 Å². The van der Waals surface area contributed by atoms with E-state index in [2.05, 4.69) is 93.7 Å². The Morgan fingerprint density at radius 2 is 1.02 bits per heavy atom. The third kappa shape index (κ3) is 8.68. The first-order chi connectivity index (χ1) is 29.4. The van der Waals surface area contributed by atoms with E-state index in [-0.39, 0.29) is 36.0 Å². The number of hydrogen-bond acceptors (Lipinski definition) is 6. The summed E-state index contributed by atoms with van der Waals surface area (Å²) in [7, 11) is 0. The Balaban J connectivity index is 0.881. The summed E-state index contributed by atoms with van der Waals surface area (Å²) >= 11 is 0. The van der Waals surface area contributed by atoms with Crippen LogP contribution in [0.5, 0.6) is 0 Å². The van der Waals surface area contributed by atoms with Crippen LogP contribution >= 0.6 is 0 Å². The molecule has 2 aromatic heterocycles. The Hall–Kier alpha value is -4.80. The van der Waals surface area contributed by atoms with Gasteiger partial charge in [-0.3, -0.25) is 19.4 Å². The second-order valence-electron chi connectivity index (χ2n) is 17.3. The number of likely N-dealkylation sites (tertiary alicyclic amines) is 2. The fourth-order valence-electron chi connectivity index (χ4n) is 10.8. The van der Waals surface area contributed by atoms with E-state index in [1.165, 1.54) is 24.0 Å². The number of amides is 2. The Kier molecular flexibility index (Phi) is 13.5. The topological polar surface area (TPSA) is 104 Å². The summed E-state index contributed by atoms with van der Waals surface area (Å²) in [5, 5.41) is 0. The van der Waals surface area contributed by atoms with Gasteiger partial charge in [0.05, 0.1) is 35.9 Å². The molecule has 4 aromatic rings. The van der Waals surface area contributed by atoms with Crippen LogP contribution in [0.15, 0.2) is 85.2 Å². The summed E-state index contributed by atoms with van der Waals surface area (Å²) in [5.74, 6) is 3.54. The molecule has 2 aromatic carbocycles. The van der Waals surface area contributed by atoms with Crippen LogP contribution < -0.4 is 0 Å². The van der Waals surface area contributed by atoms with Crippen LogP contribution in [0.4, 0.5) is 0 Å². The van der Waals surface area contributed by atoms with Crippen molar-refractivity contribution < 1.29 is 9.59 Å². The van der Waals surface area contributed by atoms with Crippen LogP contribution in [0.2, 0.25) is 0 Å². The van der Waals surface area contributed by atoms with Crippen LogP contribution in [-0.2, 0) is 9.59 Å². The van der Waals surface area contributed by atoms with Crippen molar-refractivity contribution in [2.24, 2.45) is 11.8 Å². The van der Waals surface area contributed by atoms with Gasteiger partial charge in [-0.1, -0.05) is 101 Å². The van der Waals surface area contributed by atoms with E-state index in [1.54, 1.807) is 0 Å². The van der Waals surface area contributed by atoms with Crippen molar-refractivity contribution in [2.75, 3.05) is 39.3 Å². The molecule has 6 atom stereocenters. The molecule has 318 valence electrons. The molecule has 10 nitrogen and oxygen atoms in total. The number of allylic oxidation sites excluding steroid dienone is 4. The molecule has 0 bridgehead atoms. The molecule has 8 rings (SSSR count). The van der Waals surface area contributed by atoms with Gasteiger partial charge in [-0.05, 0) is 124 Å². The highest BCUT2D eigenvalue weighted by Crippen LogP contribution is 2.42. The molecule has 2 N–H and O–H groups in total. The molecule has 2 aliphatic carbocycles. The van der Waals surface area contributed by atoms with E-state index < -0.39 is 0 Å². The maximum atomic E-state index is 14.3. The highest BCUT2D eigenvalue weighted by Gasteiger charge is 2.40. The normalized spacial score (nSPS) is 23.2. The number of nitrogens with one attached hydrogen (secondary N) is 2. The van der Waals surface area contributed by atoms with Crippen molar-refractivity contribution in [3.05, 3.63) is 119 Å². The van der Waals surface area contributed by atoms with E-state index in [9.17, 15) is 9.59 Å². The van der Waals surface area contributed by atoms with Crippen LogP contribution in [0.25, 0.3) is 11.1 Å². The number of aromatic nitrogens is 4. The van der Waals surface area contributed by atoms with Crippen LogP contribution in [0.3, 0.4) is 0 Å². The number of aromatic amines is 2. The Labute approximate surface area is 357 Å². The highest BCUT2D eigenvalue weighted by atomic mass is 16.2. The number of H-pyrrole nitrogens is 2. The lowest BCUT2D eigenvalue weighted by molar-refractivity contribution is -0.139. The summed E-state index contributed by atoms with van der Waals surface area (Å²) in [6.07, 6.45) is 19.4. The number of rotatable bonds is 15. The number of carbonyl (C=O) groups is 2. The molecule has 4 aliphatic rings. The first kappa shape index (κ1) is 41.9. The van der Waals surface area contributed by atoms with E-state index in [4.69, 9.17) is 9.97 Å². The first-order valence-corrected chi connectivity index (χ1v) is 23.1. The minimum atomic E-state index is -0.284. The molecular formula is C50H66N8O2. The van der Waals surface area contributed by atoms with E-state index in [0.717, 1.165) is 125 Å². The summed E-state index contributed by atoms with van der Waals surface area (Å²) in [6.45, 7) is 13.4. The molecule has 2 amide bonds. The number of benzene rings is 2. The van der Waals surface area contributed by atoms with Crippen molar-refractivity contribution in [2.45, 2.75) is 116 Å². The third-order valence-electron chi connectivity index (χ3n) is 14.2. The van der Waals surface area contributed by atoms with E-state index in [0.29, 0.717) is 11.8 Å². The molecular weight excluding hydrogens is 745 g/mol. The zero-order valence-corrected chi connectivity index (χ0v) is 36.4. The number of nitrogens with zero attached hydrogens (tertiary/aromatic N) is 6. The first-order valence-electron chi connectivity index (χ1n) is 23.1. The quantitative estimate of drug-likeness (QED) is 0.124. The number of likely N-dealkylation sites (N-methyl/N-ethyl adjacent to an activating group) is 2. The van der Waals surface area contributed by atoms with Gasteiger partial charge >= 0.3 is 0 Å². The van der Waals surface area contributed by atoms with Crippen LogP contribution in [0.1, 0.15) is 150 Å². The molecule has 2 unspecified atom stereocenters. The van der Waals surface area contributed by atoms with Gasteiger partial charge in [0.2, 0.25) is 11.8 Å². The highest BCUT2D eigenvalue weighted by molar-refractivity contribution is 5.84. The number of imidazole rings is 2. The largest absolute Gasteiger partial charge is 0.341 e. The van der Waals surface area contributed by atoms with Gasteiger partial charge in [0.15, 0.2) is 0 Å².